The minimum absolute atomic E-state index is 0.165. The number of rotatable bonds is 4. The van der Waals surface area contributed by atoms with Crippen molar-refractivity contribution in [2.75, 3.05) is 4.90 Å². The van der Waals surface area contributed by atoms with E-state index in [2.05, 4.69) is 50.2 Å². The van der Waals surface area contributed by atoms with E-state index >= 15 is 0 Å². The van der Waals surface area contributed by atoms with E-state index in [0.717, 1.165) is 44.1 Å². The molecule has 0 spiro atoms. The highest BCUT2D eigenvalue weighted by Crippen LogP contribution is 2.43. The summed E-state index contributed by atoms with van der Waals surface area (Å²) in [5, 5.41) is 4.82. The molecule has 2 atom stereocenters. The van der Waals surface area contributed by atoms with Gasteiger partial charge in [0.25, 0.3) is 0 Å². The fourth-order valence-corrected chi connectivity index (χ4v) is 5.00. The molecule has 0 saturated carbocycles. The molecule has 0 unspecified atom stereocenters. The summed E-state index contributed by atoms with van der Waals surface area (Å²) < 4.78 is 7.51. The molecule has 1 aliphatic rings. The molecule has 2 aromatic heterocycles. The highest BCUT2D eigenvalue weighted by atomic mass is 79.9. The number of aromatic nitrogens is 1. The summed E-state index contributed by atoms with van der Waals surface area (Å²) in [7, 11) is 0. The van der Waals surface area contributed by atoms with E-state index in [1.54, 1.807) is 6.20 Å². The lowest BCUT2D eigenvalue weighted by molar-refractivity contribution is 0.439. The first-order valence-corrected chi connectivity index (χ1v) is 12.1. The molecule has 0 aliphatic carbocycles. The largest absolute Gasteiger partial charge is 0.459 e. The highest BCUT2D eigenvalue weighted by Gasteiger charge is 2.42. The first-order valence-electron chi connectivity index (χ1n) is 10.6. The van der Waals surface area contributed by atoms with Crippen molar-refractivity contribution in [3.05, 3.63) is 105 Å². The molecule has 3 heterocycles. The lowest BCUT2D eigenvalue weighted by atomic mass is 10.0. The van der Waals surface area contributed by atoms with E-state index in [0.29, 0.717) is 10.1 Å². The molecule has 0 amide bonds. The van der Waals surface area contributed by atoms with Gasteiger partial charge in [-0.25, -0.2) is 0 Å². The third-order valence-electron chi connectivity index (χ3n) is 5.97. The summed E-state index contributed by atoms with van der Waals surface area (Å²) in [6, 6.07) is 21.6. The average Bonchev–Trinajstić information content (AvgIpc) is 3.43. The van der Waals surface area contributed by atoms with Gasteiger partial charge in [0.1, 0.15) is 17.6 Å². The number of halogens is 2. The predicted octanol–water partition coefficient (Wildman–Crippen LogP) is 7.55. The molecule has 1 fully saturated rings. The van der Waals surface area contributed by atoms with Crippen LogP contribution in [0.25, 0.3) is 11.3 Å². The maximum Gasteiger partial charge on any atom is 0.174 e. The zero-order valence-corrected chi connectivity index (χ0v) is 21.2. The van der Waals surface area contributed by atoms with Crippen molar-refractivity contribution < 1.29 is 4.42 Å². The van der Waals surface area contributed by atoms with Crippen molar-refractivity contribution in [3.63, 3.8) is 0 Å². The Morgan fingerprint density at radius 3 is 2.67 bits per heavy atom. The number of furan rings is 1. The average molecular weight is 539 g/mol. The molecule has 1 aliphatic heterocycles. The van der Waals surface area contributed by atoms with Crippen LogP contribution in [0.3, 0.4) is 0 Å². The SMILES string of the molecule is Cc1cc(N2C(=S)N[C@@H](c3ccccn3)[C@@H]2c2ccc(-c3cccc(Cl)c3C)o2)ccc1Br. The maximum atomic E-state index is 6.46. The lowest BCUT2D eigenvalue weighted by Crippen LogP contribution is -2.29. The van der Waals surface area contributed by atoms with E-state index in [-0.39, 0.29) is 12.1 Å². The van der Waals surface area contributed by atoms with Crippen LogP contribution in [0, 0.1) is 13.8 Å². The Balaban J connectivity index is 1.62. The van der Waals surface area contributed by atoms with Crippen LogP contribution < -0.4 is 10.2 Å². The molecule has 1 N–H and O–H groups in total. The monoisotopic (exact) mass is 537 g/mol. The van der Waals surface area contributed by atoms with Crippen LogP contribution in [0.5, 0.6) is 0 Å². The lowest BCUT2D eigenvalue weighted by Gasteiger charge is -2.26. The number of pyridine rings is 1. The van der Waals surface area contributed by atoms with E-state index in [1.807, 2.05) is 61.5 Å². The Morgan fingerprint density at radius 2 is 1.91 bits per heavy atom. The third-order valence-corrected chi connectivity index (χ3v) is 7.58. The normalized spacial score (nSPS) is 17.9. The molecule has 4 aromatic rings. The zero-order valence-electron chi connectivity index (χ0n) is 18.0. The van der Waals surface area contributed by atoms with E-state index in [4.69, 9.17) is 28.2 Å². The first-order chi connectivity index (χ1) is 15.9. The van der Waals surface area contributed by atoms with Gasteiger partial charge in [0.2, 0.25) is 0 Å². The minimum atomic E-state index is -0.207. The molecule has 166 valence electrons. The van der Waals surface area contributed by atoms with Gasteiger partial charge >= 0.3 is 0 Å². The Hall–Kier alpha value is -2.67. The fraction of sp³-hybridized carbons (Fsp3) is 0.154. The molecule has 4 nitrogen and oxygen atoms in total. The summed E-state index contributed by atoms with van der Waals surface area (Å²) >= 11 is 15.8. The Morgan fingerprint density at radius 1 is 1.06 bits per heavy atom. The van der Waals surface area contributed by atoms with Crippen molar-refractivity contribution in [1.29, 1.82) is 0 Å². The Kier molecular flexibility index (Phi) is 5.99. The number of hydrogen-bond donors (Lipinski definition) is 1. The van der Waals surface area contributed by atoms with Crippen LogP contribution in [-0.2, 0) is 0 Å². The molecule has 2 aromatic carbocycles. The van der Waals surface area contributed by atoms with Gasteiger partial charge < -0.3 is 14.6 Å². The van der Waals surface area contributed by atoms with Crippen LogP contribution in [0.2, 0.25) is 5.02 Å². The first kappa shape index (κ1) is 22.1. The van der Waals surface area contributed by atoms with Gasteiger partial charge in [-0.3, -0.25) is 4.98 Å². The summed E-state index contributed by atoms with van der Waals surface area (Å²) in [5.41, 5.74) is 4.99. The van der Waals surface area contributed by atoms with Crippen molar-refractivity contribution in [2.45, 2.75) is 25.9 Å². The topological polar surface area (TPSA) is 41.3 Å². The van der Waals surface area contributed by atoms with Crippen LogP contribution in [0.1, 0.15) is 34.7 Å². The van der Waals surface area contributed by atoms with E-state index in [9.17, 15) is 0 Å². The molecular weight excluding hydrogens is 518 g/mol. The van der Waals surface area contributed by atoms with Gasteiger partial charge in [-0.1, -0.05) is 45.7 Å². The number of aryl methyl sites for hydroxylation is 1. The van der Waals surface area contributed by atoms with E-state index < -0.39 is 0 Å². The molecule has 33 heavy (non-hydrogen) atoms. The van der Waals surface area contributed by atoms with Gasteiger partial charge in [-0.05, 0) is 85.7 Å². The Bertz CT molecular complexity index is 1340. The van der Waals surface area contributed by atoms with Crippen LogP contribution in [-0.4, -0.2) is 10.1 Å². The smallest absolute Gasteiger partial charge is 0.174 e. The second kappa shape index (κ2) is 8.93. The number of nitrogens with zero attached hydrogens (tertiary/aromatic N) is 2. The predicted molar refractivity (Wildman–Crippen MR) is 141 cm³/mol. The van der Waals surface area contributed by atoms with Crippen molar-refractivity contribution in [2.24, 2.45) is 0 Å². The van der Waals surface area contributed by atoms with Crippen LogP contribution >= 0.6 is 39.7 Å². The minimum Gasteiger partial charge on any atom is -0.459 e. The van der Waals surface area contributed by atoms with E-state index in [1.165, 1.54) is 0 Å². The quantitative estimate of drug-likeness (QED) is 0.272. The van der Waals surface area contributed by atoms with Crippen LogP contribution in [0.4, 0.5) is 5.69 Å². The molecule has 1 saturated heterocycles. The number of hydrogen-bond acceptors (Lipinski definition) is 3. The van der Waals surface area contributed by atoms with Gasteiger partial charge in [-0.15, -0.1) is 0 Å². The standard InChI is InChI=1S/C26H21BrClN3OS/c1-15-14-17(9-10-19(15)27)31-25(24(30-26(31)33)21-8-3-4-13-29-21)23-12-11-22(32-23)18-6-5-7-20(28)16(18)2/h3-14,24-25H,1-2H3,(H,30,33)/t24-,25-/m0/s1. The number of thiocarbonyl (C=S) groups is 1. The number of nitrogens with one attached hydrogen (secondary N) is 1. The summed E-state index contributed by atoms with van der Waals surface area (Å²) in [6.45, 7) is 4.07. The van der Waals surface area contributed by atoms with Crippen molar-refractivity contribution >= 4 is 50.5 Å². The Labute approximate surface area is 211 Å². The fourth-order valence-electron chi connectivity index (χ4n) is 4.23. The second-order valence-electron chi connectivity index (χ2n) is 8.04. The molecule has 7 heteroatoms. The summed E-state index contributed by atoms with van der Waals surface area (Å²) in [4.78, 5) is 6.72. The molecular formula is C26H21BrClN3OS. The van der Waals surface area contributed by atoms with Crippen molar-refractivity contribution in [1.82, 2.24) is 10.3 Å². The van der Waals surface area contributed by atoms with Crippen molar-refractivity contribution in [3.8, 4) is 11.3 Å². The van der Waals surface area contributed by atoms with Gasteiger partial charge in [0.05, 0.1) is 11.7 Å². The third kappa shape index (κ3) is 4.07. The van der Waals surface area contributed by atoms with Gasteiger partial charge in [0, 0.05) is 26.9 Å². The van der Waals surface area contributed by atoms with Crippen LogP contribution in [0.15, 0.2) is 81.8 Å². The van der Waals surface area contributed by atoms with Gasteiger partial charge in [0.15, 0.2) is 5.11 Å². The molecule has 0 bridgehead atoms. The second-order valence-corrected chi connectivity index (χ2v) is 9.69. The summed E-state index contributed by atoms with van der Waals surface area (Å²) in [5.74, 6) is 1.57. The number of benzene rings is 2. The highest BCUT2D eigenvalue weighted by molar-refractivity contribution is 9.10. The summed E-state index contributed by atoms with van der Waals surface area (Å²) in [6.07, 6.45) is 1.80. The molecule has 5 rings (SSSR count). The number of anilines is 1. The molecule has 0 radical (unpaired) electrons. The zero-order chi connectivity index (χ0) is 23.1. The van der Waals surface area contributed by atoms with Gasteiger partial charge in [-0.2, -0.15) is 0 Å². The maximum absolute atomic E-state index is 6.46.